The lowest BCUT2D eigenvalue weighted by Crippen LogP contribution is -2.20. The van der Waals surface area contributed by atoms with Crippen molar-refractivity contribution < 1.29 is 14.4 Å². The van der Waals surface area contributed by atoms with Gasteiger partial charge in [-0.25, -0.2) is 4.98 Å². The summed E-state index contributed by atoms with van der Waals surface area (Å²) in [6.45, 7) is 3.55. The second kappa shape index (κ2) is 11.0. The molecule has 0 spiro atoms. The van der Waals surface area contributed by atoms with E-state index in [1.165, 1.54) is 18.3 Å². The van der Waals surface area contributed by atoms with Crippen LogP contribution in [-0.2, 0) is 6.61 Å². The van der Waals surface area contributed by atoms with Gasteiger partial charge in [0.05, 0.1) is 40.3 Å². The van der Waals surface area contributed by atoms with Gasteiger partial charge in [-0.3, -0.25) is 14.9 Å². The fraction of sp³-hybridized carbons (Fsp3) is 0.154. The molecule has 0 aliphatic heterocycles. The van der Waals surface area contributed by atoms with Crippen molar-refractivity contribution in [3.8, 4) is 17.6 Å². The number of nitro benzene ring substituents is 1. The SMILES string of the molecule is CCOc1cc(C=Nn2c(C)nc3ccc(Br)cc3c2=O)cc([N+](=O)[O-])c1OCc1ccccc1C#N. The van der Waals surface area contributed by atoms with Gasteiger partial charge in [-0.1, -0.05) is 34.1 Å². The van der Waals surface area contributed by atoms with Crippen LogP contribution in [0.25, 0.3) is 10.9 Å². The molecule has 3 aromatic carbocycles. The van der Waals surface area contributed by atoms with Crippen LogP contribution in [0.2, 0.25) is 0 Å². The Morgan fingerprint density at radius 2 is 2.00 bits per heavy atom. The van der Waals surface area contributed by atoms with Crippen molar-refractivity contribution in [3.05, 3.63) is 102 Å². The van der Waals surface area contributed by atoms with Crippen LogP contribution >= 0.6 is 15.9 Å². The number of hydrogen-bond donors (Lipinski definition) is 0. The summed E-state index contributed by atoms with van der Waals surface area (Å²) in [5.41, 5.74) is 1.12. The average Bonchev–Trinajstić information content (AvgIpc) is 2.88. The Morgan fingerprint density at radius 3 is 2.73 bits per heavy atom. The number of nitrogens with zero attached hydrogens (tertiary/aromatic N) is 5. The molecule has 0 bridgehead atoms. The normalized spacial score (nSPS) is 11.0. The number of hydrogen-bond acceptors (Lipinski definition) is 8. The fourth-order valence-corrected chi connectivity index (χ4v) is 4.01. The highest BCUT2D eigenvalue weighted by Gasteiger charge is 2.23. The lowest BCUT2D eigenvalue weighted by atomic mass is 10.1. The molecule has 0 unspecified atom stereocenters. The van der Waals surface area contributed by atoms with Crippen LogP contribution in [0.3, 0.4) is 0 Å². The summed E-state index contributed by atoms with van der Waals surface area (Å²) < 4.78 is 13.3. The largest absolute Gasteiger partial charge is 0.490 e. The molecule has 1 aromatic heterocycles. The van der Waals surface area contributed by atoms with E-state index in [4.69, 9.17) is 9.47 Å². The number of ether oxygens (including phenoxy) is 2. The van der Waals surface area contributed by atoms with E-state index < -0.39 is 4.92 Å². The van der Waals surface area contributed by atoms with Crippen molar-refractivity contribution in [3.63, 3.8) is 0 Å². The number of aromatic nitrogens is 2. The van der Waals surface area contributed by atoms with Crippen molar-refractivity contribution in [1.82, 2.24) is 9.66 Å². The van der Waals surface area contributed by atoms with Crippen molar-refractivity contribution in [2.45, 2.75) is 20.5 Å². The third kappa shape index (κ3) is 5.49. The Balaban J connectivity index is 1.74. The molecule has 186 valence electrons. The van der Waals surface area contributed by atoms with Gasteiger partial charge in [0.2, 0.25) is 5.75 Å². The predicted octanol–water partition coefficient (Wildman–Crippen LogP) is 5.11. The van der Waals surface area contributed by atoms with Crippen LogP contribution in [-0.4, -0.2) is 27.4 Å². The van der Waals surface area contributed by atoms with Crippen LogP contribution in [0.5, 0.6) is 11.5 Å². The molecular weight excluding hydrogens is 542 g/mol. The highest BCUT2D eigenvalue weighted by atomic mass is 79.9. The van der Waals surface area contributed by atoms with Crippen LogP contribution in [0.1, 0.15) is 29.4 Å². The number of nitriles is 1. The van der Waals surface area contributed by atoms with Gasteiger partial charge in [0.1, 0.15) is 12.4 Å². The van der Waals surface area contributed by atoms with E-state index in [-0.39, 0.29) is 36.0 Å². The second-order valence-electron chi connectivity index (χ2n) is 7.80. The number of nitro groups is 1. The first-order valence-corrected chi connectivity index (χ1v) is 11.9. The minimum Gasteiger partial charge on any atom is -0.490 e. The molecule has 10 nitrogen and oxygen atoms in total. The zero-order valence-corrected chi connectivity index (χ0v) is 21.4. The average molecular weight is 562 g/mol. The highest BCUT2D eigenvalue weighted by molar-refractivity contribution is 9.10. The second-order valence-corrected chi connectivity index (χ2v) is 8.71. The summed E-state index contributed by atoms with van der Waals surface area (Å²) in [6.07, 6.45) is 1.32. The van der Waals surface area contributed by atoms with E-state index in [9.17, 15) is 20.2 Å². The third-order valence-corrected chi connectivity index (χ3v) is 5.85. The molecule has 0 fully saturated rings. The molecule has 0 aliphatic rings. The predicted molar refractivity (Wildman–Crippen MR) is 141 cm³/mol. The maximum Gasteiger partial charge on any atom is 0.315 e. The molecule has 0 atom stereocenters. The fourth-order valence-electron chi connectivity index (χ4n) is 3.65. The van der Waals surface area contributed by atoms with Crippen LogP contribution in [0, 0.1) is 28.4 Å². The summed E-state index contributed by atoms with van der Waals surface area (Å²) in [5.74, 6) is 0.422. The Labute approximate surface area is 219 Å². The molecule has 4 aromatic rings. The van der Waals surface area contributed by atoms with Gasteiger partial charge in [0, 0.05) is 21.7 Å². The Bertz CT molecular complexity index is 1640. The van der Waals surface area contributed by atoms with E-state index in [1.807, 2.05) is 0 Å². The van der Waals surface area contributed by atoms with Gasteiger partial charge < -0.3 is 9.47 Å². The van der Waals surface area contributed by atoms with Gasteiger partial charge in [0.15, 0.2) is 5.75 Å². The molecular formula is C26H20BrN5O5. The molecule has 1 heterocycles. The molecule has 0 saturated heterocycles. The maximum absolute atomic E-state index is 13.0. The Morgan fingerprint density at radius 1 is 1.22 bits per heavy atom. The minimum absolute atomic E-state index is 0.0645. The van der Waals surface area contributed by atoms with Crippen molar-refractivity contribution >= 4 is 38.7 Å². The number of benzene rings is 3. The molecule has 37 heavy (non-hydrogen) atoms. The highest BCUT2D eigenvalue weighted by Crippen LogP contribution is 2.39. The van der Waals surface area contributed by atoms with Crippen LogP contribution < -0.4 is 15.0 Å². The summed E-state index contributed by atoms with van der Waals surface area (Å²) in [5, 5.41) is 25.9. The monoisotopic (exact) mass is 561 g/mol. The standard InChI is InChI=1S/C26H20BrN5O5/c1-3-36-24-11-17(14-29-31-16(2)30-22-9-8-20(27)12-21(22)26(31)33)10-23(32(34)35)25(24)37-15-19-7-5-4-6-18(19)13-28/h4-12,14H,3,15H2,1-2H3. The first-order valence-electron chi connectivity index (χ1n) is 11.1. The van der Waals surface area contributed by atoms with E-state index in [2.05, 4.69) is 32.1 Å². The number of fused-ring (bicyclic) bond motifs is 1. The number of rotatable bonds is 8. The summed E-state index contributed by atoms with van der Waals surface area (Å²) in [7, 11) is 0. The topological polar surface area (TPSA) is 133 Å². The van der Waals surface area contributed by atoms with Crippen molar-refractivity contribution in [2.75, 3.05) is 6.61 Å². The van der Waals surface area contributed by atoms with Crippen molar-refractivity contribution in [2.24, 2.45) is 5.10 Å². The molecule has 0 aliphatic carbocycles. The first kappa shape index (κ1) is 25.5. The van der Waals surface area contributed by atoms with E-state index in [0.29, 0.717) is 33.4 Å². The van der Waals surface area contributed by atoms with Gasteiger partial charge in [-0.2, -0.15) is 15.0 Å². The van der Waals surface area contributed by atoms with Crippen LogP contribution in [0.15, 0.2) is 69.0 Å². The number of aryl methyl sites for hydroxylation is 1. The molecule has 11 heteroatoms. The molecule has 0 N–H and O–H groups in total. The molecule has 0 radical (unpaired) electrons. The lowest BCUT2D eigenvalue weighted by Gasteiger charge is -2.13. The molecule has 4 rings (SSSR count). The quantitative estimate of drug-likeness (QED) is 0.166. The summed E-state index contributed by atoms with van der Waals surface area (Å²) in [4.78, 5) is 28.8. The first-order chi connectivity index (χ1) is 17.8. The zero-order chi connectivity index (χ0) is 26.5. The number of halogens is 1. The zero-order valence-electron chi connectivity index (χ0n) is 19.8. The smallest absolute Gasteiger partial charge is 0.315 e. The van der Waals surface area contributed by atoms with Gasteiger partial charge in [-0.15, -0.1) is 0 Å². The Kier molecular flexibility index (Phi) is 7.60. The van der Waals surface area contributed by atoms with E-state index >= 15 is 0 Å². The van der Waals surface area contributed by atoms with E-state index in [0.717, 1.165) is 9.15 Å². The molecule has 0 saturated carbocycles. The lowest BCUT2D eigenvalue weighted by molar-refractivity contribution is -0.386. The van der Waals surface area contributed by atoms with E-state index in [1.54, 1.807) is 56.3 Å². The van der Waals surface area contributed by atoms with Gasteiger partial charge in [-0.05, 0) is 44.2 Å². The molecule has 0 amide bonds. The van der Waals surface area contributed by atoms with Crippen molar-refractivity contribution in [1.29, 1.82) is 5.26 Å². The third-order valence-electron chi connectivity index (χ3n) is 5.36. The summed E-state index contributed by atoms with van der Waals surface area (Å²) >= 11 is 3.35. The summed E-state index contributed by atoms with van der Waals surface area (Å²) in [6, 6.07) is 16.9. The maximum atomic E-state index is 13.0. The Hall–Kier alpha value is -4.56. The van der Waals surface area contributed by atoms with Gasteiger partial charge >= 0.3 is 5.69 Å². The van der Waals surface area contributed by atoms with Crippen LogP contribution in [0.4, 0.5) is 5.69 Å². The minimum atomic E-state index is -0.585. The van der Waals surface area contributed by atoms with Gasteiger partial charge in [0.25, 0.3) is 5.56 Å².